The van der Waals surface area contributed by atoms with Gasteiger partial charge in [0.15, 0.2) is 17.5 Å². The van der Waals surface area contributed by atoms with Crippen LogP contribution in [0, 0.1) is 0 Å². The molecule has 3 N–H and O–H groups in total. The number of nitrogens with two attached hydrogens (primary N) is 1. The molecule has 0 spiro atoms. The van der Waals surface area contributed by atoms with Gasteiger partial charge in [0, 0.05) is 12.2 Å². The van der Waals surface area contributed by atoms with Gasteiger partial charge in [0.2, 0.25) is 0 Å². The first-order chi connectivity index (χ1) is 12.5. The Balaban J connectivity index is 1.93. The number of aliphatic imine (C=N–C) groups is 1. The van der Waals surface area contributed by atoms with Crippen molar-refractivity contribution in [1.29, 1.82) is 0 Å². The first-order valence-electron chi connectivity index (χ1n) is 8.29. The molecule has 5 nitrogen and oxygen atoms in total. The maximum absolute atomic E-state index is 12.5. The summed E-state index contributed by atoms with van der Waals surface area (Å²) >= 11 is 0. The fourth-order valence-electron chi connectivity index (χ4n) is 2.38. The van der Waals surface area contributed by atoms with Gasteiger partial charge in [0.05, 0.1) is 7.11 Å². The second kappa shape index (κ2) is 9.60. The Morgan fingerprint density at radius 2 is 1.81 bits per heavy atom. The molecular formula is C19H23F2N3O2. The third kappa shape index (κ3) is 5.91. The van der Waals surface area contributed by atoms with Gasteiger partial charge in [-0.1, -0.05) is 25.1 Å². The number of guanidine groups is 1. The number of nitrogens with one attached hydrogen (secondary N) is 1. The van der Waals surface area contributed by atoms with Crippen molar-refractivity contribution in [3.8, 4) is 11.5 Å². The molecule has 0 unspecified atom stereocenters. The fraction of sp³-hybridized carbons (Fsp3) is 0.316. The number of halogens is 2. The molecule has 0 aromatic heterocycles. The predicted octanol–water partition coefficient (Wildman–Crippen LogP) is 3.83. The summed E-state index contributed by atoms with van der Waals surface area (Å²) in [7, 11) is 1.40. The van der Waals surface area contributed by atoms with E-state index in [1.54, 1.807) is 12.1 Å². The Morgan fingerprint density at radius 3 is 2.42 bits per heavy atom. The molecule has 0 fully saturated rings. The third-order valence-electron chi connectivity index (χ3n) is 3.76. The zero-order valence-electron chi connectivity index (χ0n) is 14.8. The van der Waals surface area contributed by atoms with Gasteiger partial charge in [-0.15, -0.1) is 0 Å². The number of ether oxygens (including phenoxy) is 2. The van der Waals surface area contributed by atoms with E-state index in [2.05, 4.69) is 22.0 Å². The lowest BCUT2D eigenvalue weighted by atomic mass is 10.1. The summed E-state index contributed by atoms with van der Waals surface area (Å²) in [6.45, 7) is -0.405. The summed E-state index contributed by atoms with van der Waals surface area (Å²) in [6, 6.07) is 12.8. The first kappa shape index (κ1) is 19.5. The van der Waals surface area contributed by atoms with Crippen LogP contribution in [-0.2, 0) is 12.8 Å². The van der Waals surface area contributed by atoms with Crippen molar-refractivity contribution in [1.82, 2.24) is 0 Å². The Morgan fingerprint density at radius 1 is 1.12 bits per heavy atom. The van der Waals surface area contributed by atoms with Gasteiger partial charge in [-0.25, -0.2) is 0 Å². The van der Waals surface area contributed by atoms with Crippen LogP contribution in [0.1, 0.15) is 18.1 Å². The SMILES string of the molecule is CCc1ccc(NC(N)=NCCc2ccc(OC)c(OC(F)F)c2)cc1. The molecule has 0 radical (unpaired) electrons. The van der Waals surface area contributed by atoms with Gasteiger partial charge >= 0.3 is 6.61 Å². The summed E-state index contributed by atoms with van der Waals surface area (Å²) in [5.74, 6) is 0.562. The van der Waals surface area contributed by atoms with Crippen molar-refractivity contribution in [2.75, 3.05) is 19.0 Å². The van der Waals surface area contributed by atoms with Crippen LogP contribution in [0.3, 0.4) is 0 Å². The average Bonchev–Trinajstić information content (AvgIpc) is 2.62. The van der Waals surface area contributed by atoms with Crippen molar-refractivity contribution in [3.05, 3.63) is 53.6 Å². The Labute approximate surface area is 151 Å². The van der Waals surface area contributed by atoms with Crippen molar-refractivity contribution in [3.63, 3.8) is 0 Å². The molecule has 26 heavy (non-hydrogen) atoms. The molecule has 7 heteroatoms. The molecule has 0 bridgehead atoms. The van der Waals surface area contributed by atoms with Crippen molar-refractivity contribution in [2.24, 2.45) is 10.7 Å². The molecule has 2 rings (SSSR count). The van der Waals surface area contributed by atoms with Crippen LogP contribution < -0.4 is 20.5 Å². The van der Waals surface area contributed by atoms with Crippen LogP contribution in [0.5, 0.6) is 11.5 Å². The minimum atomic E-state index is -2.91. The van der Waals surface area contributed by atoms with Crippen LogP contribution in [-0.4, -0.2) is 26.2 Å². The molecule has 2 aromatic carbocycles. The van der Waals surface area contributed by atoms with Crippen LogP contribution in [0.4, 0.5) is 14.5 Å². The van der Waals surface area contributed by atoms with Gasteiger partial charge in [0.25, 0.3) is 0 Å². The average molecular weight is 363 g/mol. The van der Waals surface area contributed by atoms with Crippen molar-refractivity contribution >= 4 is 11.6 Å². The Bertz CT molecular complexity index is 734. The van der Waals surface area contributed by atoms with Crippen molar-refractivity contribution in [2.45, 2.75) is 26.4 Å². The van der Waals surface area contributed by atoms with E-state index in [1.807, 2.05) is 24.3 Å². The molecule has 0 heterocycles. The van der Waals surface area contributed by atoms with Crippen LogP contribution in [0.25, 0.3) is 0 Å². The molecule has 140 valence electrons. The van der Waals surface area contributed by atoms with E-state index < -0.39 is 6.61 Å². The number of benzene rings is 2. The number of rotatable bonds is 8. The van der Waals surface area contributed by atoms with Crippen LogP contribution in [0.2, 0.25) is 0 Å². The van der Waals surface area contributed by atoms with Gasteiger partial charge < -0.3 is 20.5 Å². The quantitative estimate of drug-likeness (QED) is 0.552. The topological polar surface area (TPSA) is 68.9 Å². The molecule has 0 aliphatic rings. The van der Waals surface area contributed by atoms with Gasteiger partial charge in [-0.3, -0.25) is 4.99 Å². The Kier molecular flexibility index (Phi) is 7.20. The summed E-state index contributed by atoms with van der Waals surface area (Å²) < 4.78 is 34.4. The minimum Gasteiger partial charge on any atom is -0.493 e. The maximum Gasteiger partial charge on any atom is 0.387 e. The van der Waals surface area contributed by atoms with Crippen molar-refractivity contribution < 1.29 is 18.3 Å². The minimum absolute atomic E-state index is 0.00564. The predicted molar refractivity (Wildman–Crippen MR) is 99.3 cm³/mol. The highest BCUT2D eigenvalue weighted by Gasteiger charge is 2.11. The smallest absolute Gasteiger partial charge is 0.387 e. The lowest BCUT2D eigenvalue weighted by Gasteiger charge is -2.11. The zero-order chi connectivity index (χ0) is 18.9. The molecule has 0 aliphatic heterocycles. The highest BCUT2D eigenvalue weighted by atomic mass is 19.3. The maximum atomic E-state index is 12.5. The largest absolute Gasteiger partial charge is 0.493 e. The molecule has 0 saturated carbocycles. The first-order valence-corrected chi connectivity index (χ1v) is 8.29. The van der Waals surface area contributed by atoms with E-state index >= 15 is 0 Å². The highest BCUT2D eigenvalue weighted by Crippen LogP contribution is 2.29. The number of nitrogens with zero attached hydrogens (tertiary/aromatic N) is 1. The number of methoxy groups -OCH3 is 1. The fourth-order valence-corrected chi connectivity index (χ4v) is 2.38. The number of hydrogen-bond acceptors (Lipinski definition) is 3. The van der Waals surface area contributed by atoms with E-state index in [9.17, 15) is 8.78 Å². The second-order valence-electron chi connectivity index (χ2n) is 5.56. The molecule has 0 atom stereocenters. The van der Waals surface area contributed by atoms with E-state index in [1.165, 1.54) is 18.7 Å². The second-order valence-corrected chi connectivity index (χ2v) is 5.56. The zero-order valence-corrected chi connectivity index (χ0v) is 14.8. The summed E-state index contributed by atoms with van der Waals surface area (Å²) in [6.07, 6.45) is 1.50. The third-order valence-corrected chi connectivity index (χ3v) is 3.76. The summed E-state index contributed by atoms with van der Waals surface area (Å²) in [5, 5.41) is 3.02. The highest BCUT2D eigenvalue weighted by molar-refractivity contribution is 5.92. The molecule has 0 saturated heterocycles. The standard InChI is InChI=1S/C19H23F2N3O2/c1-3-13-4-7-15(8-5-13)24-19(22)23-11-10-14-6-9-16(25-2)17(12-14)26-18(20)21/h4-9,12,18H,3,10-11H2,1-2H3,(H3,22,23,24). The van der Waals surface area contributed by atoms with E-state index in [0.29, 0.717) is 18.9 Å². The van der Waals surface area contributed by atoms with E-state index in [-0.39, 0.29) is 11.5 Å². The monoisotopic (exact) mass is 363 g/mol. The molecule has 2 aromatic rings. The lowest BCUT2D eigenvalue weighted by Crippen LogP contribution is -2.23. The Hall–Kier alpha value is -2.83. The van der Waals surface area contributed by atoms with Crippen LogP contribution >= 0.6 is 0 Å². The number of aryl methyl sites for hydroxylation is 1. The van der Waals surface area contributed by atoms with Crippen LogP contribution in [0.15, 0.2) is 47.5 Å². The molecular weight excluding hydrogens is 340 g/mol. The van der Waals surface area contributed by atoms with E-state index in [4.69, 9.17) is 10.5 Å². The number of hydrogen-bond donors (Lipinski definition) is 2. The van der Waals surface area contributed by atoms with Gasteiger partial charge in [-0.2, -0.15) is 8.78 Å². The summed E-state index contributed by atoms with van der Waals surface area (Å²) in [5.41, 5.74) is 8.78. The number of anilines is 1. The summed E-state index contributed by atoms with van der Waals surface area (Å²) in [4.78, 5) is 4.25. The molecule has 0 aliphatic carbocycles. The number of alkyl halides is 2. The van der Waals surface area contributed by atoms with Gasteiger partial charge in [0.1, 0.15) is 0 Å². The van der Waals surface area contributed by atoms with Gasteiger partial charge in [-0.05, 0) is 48.2 Å². The normalized spacial score (nSPS) is 11.5. The molecule has 0 amide bonds. The lowest BCUT2D eigenvalue weighted by molar-refractivity contribution is -0.0512. The van der Waals surface area contributed by atoms with E-state index in [0.717, 1.165) is 17.7 Å².